The minimum absolute atomic E-state index is 0.151. The molecule has 1 aliphatic heterocycles. The number of aryl methyl sites for hydroxylation is 2. The highest BCUT2D eigenvalue weighted by atomic mass is 32.2. The molecule has 0 spiro atoms. The average Bonchev–Trinajstić information content (AvgIpc) is 2.76. The zero-order chi connectivity index (χ0) is 24.0. The maximum absolute atomic E-state index is 12.4. The van der Waals surface area contributed by atoms with E-state index in [4.69, 9.17) is 14.2 Å². The Morgan fingerprint density at radius 2 is 1.82 bits per heavy atom. The second kappa shape index (κ2) is 10.8. The molecule has 0 saturated heterocycles. The van der Waals surface area contributed by atoms with Gasteiger partial charge in [0, 0.05) is 19.0 Å². The molecule has 1 heterocycles. The molecule has 0 fully saturated rings. The van der Waals surface area contributed by atoms with Gasteiger partial charge in [-0.05, 0) is 62.6 Å². The van der Waals surface area contributed by atoms with Crippen LogP contribution >= 0.6 is 0 Å². The molecule has 0 aromatic heterocycles. The van der Waals surface area contributed by atoms with Crippen LogP contribution in [0.5, 0.6) is 17.2 Å². The van der Waals surface area contributed by atoms with Crippen LogP contribution < -0.4 is 23.8 Å². The van der Waals surface area contributed by atoms with Gasteiger partial charge in [0.15, 0.2) is 11.5 Å². The molecule has 1 amide bonds. The Hall–Kier alpha value is -2.94. The minimum atomic E-state index is -3.53. The Balaban J connectivity index is 1.49. The van der Waals surface area contributed by atoms with Gasteiger partial charge in [-0.1, -0.05) is 6.07 Å². The third-order valence-electron chi connectivity index (χ3n) is 5.36. The standard InChI is InChI=1S/C24H32N2O6S/c1-17-7-9-21(14-18(17)2)32-16-19(3)25-24(27)6-5-11-26(33(4,28)29)20-8-10-22-23(15-20)31-13-12-30-22/h7-10,14-15,19H,5-6,11-13,16H2,1-4H3,(H,25,27)/t19-/m1/s1. The van der Waals surface area contributed by atoms with Crippen molar-refractivity contribution in [2.45, 2.75) is 39.7 Å². The molecule has 2 aromatic carbocycles. The number of fused-ring (bicyclic) bond motifs is 1. The molecule has 180 valence electrons. The van der Waals surface area contributed by atoms with Crippen molar-refractivity contribution in [3.8, 4) is 17.2 Å². The first-order chi connectivity index (χ1) is 15.6. The SMILES string of the molecule is Cc1ccc(OC[C@@H](C)NC(=O)CCCN(c2ccc3c(c2)OCCO3)S(C)(=O)=O)cc1C. The van der Waals surface area contributed by atoms with Crippen LogP contribution in [0.1, 0.15) is 30.9 Å². The second-order valence-corrected chi connectivity index (χ2v) is 10.2. The summed E-state index contributed by atoms with van der Waals surface area (Å²) in [4.78, 5) is 12.4. The van der Waals surface area contributed by atoms with Gasteiger partial charge in [-0.3, -0.25) is 9.10 Å². The highest BCUT2D eigenvalue weighted by molar-refractivity contribution is 7.92. The summed E-state index contributed by atoms with van der Waals surface area (Å²) in [5.41, 5.74) is 2.83. The van der Waals surface area contributed by atoms with Crippen LogP contribution in [0.4, 0.5) is 5.69 Å². The number of carbonyl (C=O) groups excluding carboxylic acids is 1. The van der Waals surface area contributed by atoms with E-state index < -0.39 is 10.0 Å². The highest BCUT2D eigenvalue weighted by Gasteiger charge is 2.21. The van der Waals surface area contributed by atoms with Gasteiger partial charge in [0.05, 0.1) is 18.0 Å². The van der Waals surface area contributed by atoms with E-state index in [9.17, 15) is 13.2 Å². The Bertz CT molecular complexity index is 1090. The predicted molar refractivity (Wildman–Crippen MR) is 128 cm³/mol. The number of nitrogens with zero attached hydrogens (tertiary/aromatic N) is 1. The molecule has 1 N–H and O–H groups in total. The van der Waals surface area contributed by atoms with E-state index in [0.717, 1.165) is 17.6 Å². The molecule has 3 rings (SSSR count). The first kappa shape index (κ1) is 24.7. The summed E-state index contributed by atoms with van der Waals surface area (Å²) in [7, 11) is -3.53. The Morgan fingerprint density at radius 3 is 2.52 bits per heavy atom. The van der Waals surface area contributed by atoms with Crippen molar-refractivity contribution in [3.63, 3.8) is 0 Å². The van der Waals surface area contributed by atoms with Crippen LogP contribution in [-0.2, 0) is 14.8 Å². The number of benzene rings is 2. The first-order valence-electron chi connectivity index (χ1n) is 11.0. The lowest BCUT2D eigenvalue weighted by Gasteiger charge is -2.25. The van der Waals surface area contributed by atoms with Gasteiger partial charge >= 0.3 is 0 Å². The summed E-state index contributed by atoms with van der Waals surface area (Å²) in [5.74, 6) is 1.72. The van der Waals surface area contributed by atoms with E-state index in [0.29, 0.717) is 43.4 Å². The molecule has 1 aliphatic rings. The summed E-state index contributed by atoms with van der Waals surface area (Å²) in [6, 6.07) is 10.7. The molecule has 2 aromatic rings. The van der Waals surface area contributed by atoms with Crippen molar-refractivity contribution in [2.75, 3.05) is 36.9 Å². The van der Waals surface area contributed by atoms with E-state index in [2.05, 4.69) is 5.32 Å². The van der Waals surface area contributed by atoms with Gasteiger partial charge in [0.1, 0.15) is 25.6 Å². The molecule has 0 saturated carbocycles. The molecular weight excluding hydrogens is 444 g/mol. The number of nitrogens with one attached hydrogen (secondary N) is 1. The van der Waals surface area contributed by atoms with Gasteiger partial charge in [0.25, 0.3) is 0 Å². The summed E-state index contributed by atoms with van der Waals surface area (Å²) >= 11 is 0. The normalized spacial score (nSPS) is 13.8. The van der Waals surface area contributed by atoms with Crippen molar-refractivity contribution in [2.24, 2.45) is 0 Å². The predicted octanol–water partition coefficient (Wildman–Crippen LogP) is 3.20. The van der Waals surface area contributed by atoms with Crippen LogP contribution in [0.2, 0.25) is 0 Å². The molecule has 0 aliphatic carbocycles. The van der Waals surface area contributed by atoms with Crippen LogP contribution in [0, 0.1) is 13.8 Å². The fourth-order valence-corrected chi connectivity index (χ4v) is 4.43. The number of ether oxygens (including phenoxy) is 3. The summed E-state index contributed by atoms with van der Waals surface area (Å²) in [5, 5.41) is 2.90. The van der Waals surface area contributed by atoms with Crippen LogP contribution in [0.15, 0.2) is 36.4 Å². The van der Waals surface area contributed by atoms with E-state index in [1.54, 1.807) is 18.2 Å². The number of anilines is 1. The number of amides is 1. The lowest BCUT2D eigenvalue weighted by atomic mass is 10.1. The zero-order valence-electron chi connectivity index (χ0n) is 19.6. The number of carbonyl (C=O) groups is 1. The molecule has 0 bridgehead atoms. The fraction of sp³-hybridized carbons (Fsp3) is 0.458. The van der Waals surface area contributed by atoms with Crippen molar-refractivity contribution in [3.05, 3.63) is 47.5 Å². The smallest absolute Gasteiger partial charge is 0.232 e. The van der Waals surface area contributed by atoms with Gasteiger partial charge in [-0.25, -0.2) is 8.42 Å². The number of hydrogen-bond donors (Lipinski definition) is 1. The molecule has 33 heavy (non-hydrogen) atoms. The third kappa shape index (κ3) is 7.02. The quantitative estimate of drug-likeness (QED) is 0.566. The third-order valence-corrected chi connectivity index (χ3v) is 6.56. The van der Waals surface area contributed by atoms with E-state index in [1.165, 1.54) is 9.87 Å². The van der Waals surface area contributed by atoms with E-state index in [-0.39, 0.29) is 24.9 Å². The molecule has 0 radical (unpaired) electrons. The van der Waals surface area contributed by atoms with E-state index >= 15 is 0 Å². The maximum Gasteiger partial charge on any atom is 0.232 e. The molecular formula is C24H32N2O6S. The average molecular weight is 477 g/mol. The number of hydrogen-bond acceptors (Lipinski definition) is 6. The van der Waals surface area contributed by atoms with Crippen molar-refractivity contribution >= 4 is 21.6 Å². The first-order valence-corrected chi connectivity index (χ1v) is 12.8. The lowest BCUT2D eigenvalue weighted by molar-refractivity contribution is -0.121. The van der Waals surface area contributed by atoms with Gasteiger partial charge in [-0.15, -0.1) is 0 Å². The van der Waals surface area contributed by atoms with Gasteiger partial charge < -0.3 is 19.5 Å². The van der Waals surface area contributed by atoms with Crippen LogP contribution in [0.25, 0.3) is 0 Å². The Kier molecular flexibility index (Phi) is 8.07. The molecule has 8 nitrogen and oxygen atoms in total. The number of rotatable bonds is 10. The summed E-state index contributed by atoms with van der Waals surface area (Å²) < 4.78 is 42.8. The van der Waals surface area contributed by atoms with Crippen molar-refractivity contribution in [1.29, 1.82) is 0 Å². The van der Waals surface area contributed by atoms with E-state index in [1.807, 2.05) is 39.0 Å². The largest absolute Gasteiger partial charge is 0.491 e. The minimum Gasteiger partial charge on any atom is -0.491 e. The van der Waals surface area contributed by atoms with Gasteiger partial charge in [0.2, 0.25) is 15.9 Å². The topological polar surface area (TPSA) is 94.2 Å². The molecule has 1 atom stereocenters. The lowest BCUT2D eigenvalue weighted by Crippen LogP contribution is -2.37. The number of sulfonamides is 1. The van der Waals surface area contributed by atoms with Crippen LogP contribution in [-0.4, -0.2) is 53.0 Å². The zero-order valence-corrected chi connectivity index (χ0v) is 20.4. The molecule has 0 unspecified atom stereocenters. The van der Waals surface area contributed by atoms with Crippen molar-refractivity contribution in [1.82, 2.24) is 5.32 Å². The molecule has 9 heteroatoms. The summed E-state index contributed by atoms with van der Waals surface area (Å²) in [6.07, 6.45) is 1.72. The monoisotopic (exact) mass is 476 g/mol. The fourth-order valence-electron chi connectivity index (χ4n) is 3.47. The Labute approximate surface area is 195 Å². The van der Waals surface area contributed by atoms with Crippen molar-refractivity contribution < 1.29 is 27.4 Å². The van der Waals surface area contributed by atoms with Gasteiger partial charge in [-0.2, -0.15) is 0 Å². The maximum atomic E-state index is 12.4. The summed E-state index contributed by atoms with van der Waals surface area (Å²) in [6.45, 7) is 7.35. The van der Waals surface area contributed by atoms with Crippen LogP contribution in [0.3, 0.4) is 0 Å². The highest BCUT2D eigenvalue weighted by Crippen LogP contribution is 2.34. The Morgan fingerprint density at radius 1 is 1.09 bits per heavy atom. The second-order valence-electron chi connectivity index (χ2n) is 8.29.